The number of anilines is 1. The van der Waals surface area contributed by atoms with E-state index in [1.165, 1.54) is 12.1 Å². The van der Waals surface area contributed by atoms with Crippen molar-refractivity contribution in [1.29, 1.82) is 0 Å². The first kappa shape index (κ1) is 11.5. The highest BCUT2D eigenvalue weighted by Crippen LogP contribution is 2.17. The molecule has 3 nitrogen and oxygen atoms in total. The third kappa shape index (κ3) is 3.58. The van der Waals surface area contributed by atoms with Crippen molar-refractivity contribution >= 4 is 11.8 Å². The molecule has 0 aliphatic heterocycles. The number of rotatable bonds is 1. The van der Waals surface area contributed by atoms with Crippen molar-refractivity contribution in [3.8, 4) is 0 Å². The van der Waals surface area contributed by atoms with Gasteiger partial charge in [0.2, 0.25) is 0 Å². The fourth-order valence-electron chi connectivity index (χ4n) is 0.966. The largest absolute Gasteiger partial charge is 0.443 e. The van der Waals surface area contributed by atoms with Crippen LogP contribution in [0.15, 0.2) is 30.3 Å². The van der Waals surface area contributed by atoms with E-state index >= 15 is 0 Å². The number of nitrogens with zero attached hydrogens (tertiary/aromatic N) is 1. The number of hydrogen-bond acceptors (Lipinski definition) is 2. The number of carbonyl (C=O) groups excluding carboxylic acids is 1. The van der Waals surface area contributed by atoms with Crippen molar-refractivity contribution in [3.63, 3.8) is 0 Å². The molecule has 0 radical (unpaired) electrons. The van der Waals surface area contributed by atoms with Crippen LogP contribution in [0.2, 0.25) is 0 Å². The second kappa shape index (κ2) is 4.29. The molecule has 0 aromatic heterocycles. The van der Waals surface area contributed by atoms with Crippen molar-refractivity contribution in [2.75, 3.05) is 5.12 Å². The predicted octanol–water partition coefficient (Wildman–Crippen LogP) is 3.31. The summed E-state index contributed by atoms with van der Waals surface area (Å²) in [5.74, 6) is 0. The molecule has 1 rings (SSSR count). The molecule has 0 fully saturated rings. The topological polar surface area (TPSA) is 29.5 Å². The molecule has 0 saturated heterocycles. The molecular formula is C11H14FNO2. The zero-order valence-electron chi connectivity index (χ0n) is 9.03. The highest BCUT2D eigenvalue weighted by atomic mass is 19.2. The molecule has 1 aromatic rings. The van der Waals surface area contributed by atoms with Gasteiger partial charge in [0.15, 0.2) is 0 Å². The Bertz CT molecular complexity index is 332. The van der Waals surface area contributed by atoms with E-state index in [0.717, 1.165) is 0 Å². The monoisotopic (exact) mass is 211 g/mol. The normalized spacial score (nSPS) is 10.9. The molecule has 15 heavy (non-hydrogen) atoms. The first-order valence-electron chi connectivity index (χ1n) is 4.64. The van der Waals surface area contributed by atoms with E-state index in [1.54, 1.807) is 39.0 Å². The third-order valence-electron chi connectivity index (χ3n) is 1.54. The van der Waals surface area contributed by atoms with E-state index in [-0.39, 0.29) is 10.8 Å². The van der Waals surface area contributed by atoms with E-state index in [0.29, 0.717) is 0 Å². The van der Waals surface area contributed by atoms with Crippen LogP contribution in [-0.4, -0.2) is 11.7 Å². The summed E-state index contributed by atoms with van der Waals surface area (Å²) in [6, 6.07) is 8.01. The van der Waals surface area contributed by atoms with Gasteiger partial charge < -0.3 is 4.74 Å². The first-order valence-corrected chi connectivity index (χ1v) is 4.64. The van der Waals surface area contributed by atoms with Gasteiger partial charge in [-0.1, -0.05) is 22.7 Å². The van der Waals surface area contributed by atoms with Crippen molar-refractivity contribution in [2.24, 2.45) is 0 Å². The summed E-state index contributed by atoms with van der Waals surface area (Å²) in [5, 5.41) is -0.00868. The highest BCUT2D eigenvalue weighted by Gasteiger charge is 2.23. The summed E-state index contributed by atoms with van der Waals surface area (Å²) >= 11 is 0. The van der Waals surface area contributed by atoms with Crippen LogP contribution >= 0.6 is 0 Å². The van der Waals surface area contributed by atoms with Gasteiger partial charge in [0.25, 0.3) is 0 Å². The van der Waals surface area contributed by atoms with Crippen LogP contribution in [0, 0.1) is 0 Å². The Hall–Kier alpha value is -1.58. The van der Waals surface area contributed by atoms with Crippen LogP contribution in [0.3, 0.4) is 0 Å². The Morgan fingerprint density at radius 1 is 1.27 bits per heavy atom. The van der Waals surface area contributed by atoms with Crippen LogP contribution in [0.25, 0.3) is 0 Å². The van der Waals surface area contributed by atoms with Gasteiger partial charge >= 0.3 is 6.09 Å². The number of hydrogen-bond donors (Lipinski definition) is 0. The molecule has 1 amide bonds. The minimum absolute atomic E-state index is 0.00868. The molecule has 0 aliphatic carbocycles. The van der Waals surface area contributed by atoms with Crippen LogP contribution in [0.4, 0.5) is 15.0 Å². The maximum Gasteiger partial charge on any atom is 0.443 e. The zero-order valence-corrected chi connectivity index (χ0v) is 9.03. The van der Waals surface area contributed by atoms with Crippen LogP contribution in [-0.2, 0) is 4.74 Å². The number of amides is 1. The lowest BCUT2D eigenvalue weighted by molar-refractivity contribution is 0.0501. The molecule has 0 heterocycles. The van der Waals surface area contributed by atoms with Crippen LogP contribution < -0.4 is 5.12 Å². The Morgan fingerprint density at radius 2 is 1.80 bits per heavy atom. The quantitative estimate of drug-likeness (QED) is 0.667. The van der Waals surface area contributed by atoms with Gasteiger partial charge in [0.1, 0.15) is 5.60 Å². The first-order chi connectivity index (χ1) is 6.90. The lowest BCUT2D eigenvalue weighted by atomic mass is 10.2. The van der Waals surface area contributed by atoms with E-state index in [1.807, 2.05) is 0 Å². The molecule has 0 aliphatic rings. The third-order valence-corrected chi connectivity index (χ3v) is 1.54. The van der Waals surface area contributed by atoms with Gasteiger partial charge in [0, 0.05) is 0 Å². The number of ether oxygens (including phenoxy) is 1. The van der Waals surface area contributed by atoms with E-state index in [4.69, 9.17) is 4.74 Å². The maximum atomic E-state index is 13.4. The zero-order chi connectivity index (χ0) is 11.5. The van der Waals surface area contributed by atoms with Crippen molar-refractivity contribution < 1.29 is 14.0 Å². The number of carbonyl (C=O) groups is 1. The number of benzene rings is 1. The Balaban J connectivity index is 2.70. The molecule has 0 spiro atoms. The minimum atomic E-state index is -1.01. The number of halogens is 1. The molecule has 0 saturated carbocycles. The van der Waals surface area contributed by atoms with Crippen molar-refractivity contribution in [2.45, 2.75) is 26.4 Å². The van der Waals surface area contributed by atoms with Gasteiger partial charge in [0.05, 0.1) is 5.69 Å². The molecule has 1 aromatic carbocycles. The Morgan fingerprint density at radius 3 is 2.27 bits per heavy atom. The van der Waals surface area contributed by atoms with Gasteiger partial charge in [-0.05, 0) is 32.9 Å². The lowest BCUT2D eigenvalue weighted by Gasteiger charge is -2.21. The standard InChI is InChI=1S/C11H14FNO2/c1-11(2,3)15-10(14)13(12)9-7-5-4-6-8-9/h4-8H,1-3H3. The molecular weight excluding hydrogens is 197 g/mol. The van der Waals surface area contributed by atoms with Gasteiger partial charge in [-0.3, -0.25) is 0 Å². The van der Waals surface area contributed by atoms with Gasteiger partial charge in [-0.2, -0.15) is 0 Å². The summed E-state index contributed by atoms with van der Waals surface area (Å²) in [6.07, 6.45) is -1.01. The lowest BCUT2D eigenvalue weighted by Crippen LogP contribution is -2.31. The molecule has 0 bridgehead atoms. The summed E-state index contributed by atoms with van der Waals surface area (Å²) in [5.41, 5.74) is -0.539. The van der Waals surface area contributed by atoms with Gasteiger partial charge in [-0.25, -0.2) is 4.79 Å². The summed E-state index contributed by atoms with van der Waals surface area (Å²) in [7, 11) is 0. The molecule has 0 atom stereocenters. The summed E-state index contributed by atoms with van der Waals surface area (Å²) < 4.78 is 18.3. The summed E-state index contributed by atoms with van der Waals surface area (Å²) in [6.45, 7) is 5.05. The van der Waals surface area contributed by atoms with Crippen LogP contribution in [0.5, 0.6) is 0 Å². The van der Waals surface area contributed by atoms with Crippen LogP contribution in [0.1, 0.15) is 20.8 Å². The molecule has 82 valence electrons. The minimum Gasteiger partial charge on any atom is -0.442 e. The predicted molar refractivity (Wildman–Crippen MR) is 56.3 cm³/mol. The maximum absolute atomic E-state index is 13.4. The number of para-hydroxylation sites is 1. The second-order valence-corrected chi connectivity index (χ2v) is 4.10. The molecule has 0 unspecified atom stereocenters. The second-order valence-electron chi connectivity index (χ2n) is 4.10. The fraction of sp³-hybridized carbons (Fsp3) is 0.364. The average molecular weight is 211 g/mol. The van der Waals surface area contributed by atoms with E-state index in [9.17, 15) is 9.28 Å². The fourth-order valence-corrected chi connectivity index (χ4v) is 0.966. The SMILES string of the molecule is CC(C)(C)OC(=O)N(F)c1ccccc1. The molecule has 0 N–H and O–H groups in total. The average Bonchev–Trinajstić information content (AvgIpc) is 2.15. The summed E-state index contributed by atoms with van der Waals surface area (Å²) in [4.78, 5) is 11.3. The Labute approximate surface area is 88.4 Å². The van der Waals surface area contributed by atoms with Crippen molar-refractivity contribution in [3.05, 3.63) is 30.3 Å². The Kier molecular flexibility index (Phi) is 3.29. The van der Waals surface area contributed by atoms with E-state index in [2.05, 4.69) is 0 Å². The molecule has 4 heteroatoms. The van der Waals surface area contributed by atoms with Crippen molar-refractivity contribution in [1.82, 2.24) is 0 Å². The smallest absolute Gasteiger partial charge is 0.442 e. The highest BCUT2D eigenvalue weighted by molar-refractivity contribution is 5.85. The van der Waals surface area contributed by atoms with Gasteiger partial charge in [-0.15, -0.1) is 5.12 Å². The van der Waals surface area contributed by atoms with E-state index < -0.39 is 11.7 Å².